The number of rotatable bonds is 5. The number of aromatic hydroxyl groups is 1. The molecule has 0 fully saturated rings. The Hall–Kier alpha value is -3.44. The van der Waals surface area contributed by atoms with E-state index >= 15 is 0 Å². The molecular formula is C22H18F3N3O3S2. The molecular weight excluding hydrogens is 475 g/mol. The van der Waals surface area contributed by atoms with Crippen molar-refractivity contribution in [2.45, 2.75) is 20.0 Å². The molecule has 0 amide bonds. The maximum Gasteiger partial charge on any atom is 0.416 e. The van der Waals surface area contributed by atoms with Crippen molar-refractivity contribution in [3.8, 4) is 16.2 Å². The Labute approximate surface area is 196 Å². The first-order valence-corrected chi connectivity index (χ1v) is 10.7. The molecule has 3 aromatic rings. The summed E-state index contributed by atoms with van der Waals surface area (Å²) in [6.07, 6.45) is -4.43. The molecule has 0 unspecified atom stereocenters. The summed E-state index contributed by atoms with van der Waals surface area (Å²) in [6, 6.07) is 9.20. The highest BCUT2D eigenvalue weighted by Gasteiger charge is 2.30. The number of carbonyl (C=O) groups is 1. The fourth-order valence-electron chi connectivity index (χ4n) is 2.96. The lowest BCUT2D eigenvalue weighted by Crippen LogP contribution is -2.25. The van der Waals surface area contributed by atoms with Gasteiger partial charge < -0.3 is 15.5 Å². The third kappa shape index (κ3) is 5.68. The van der Waals surface area contributed by atoms with E-state index in [1.165, 1.54) is 29.5 Å². The summed E-state index contributed by atoms with van der Waals surface area (Å²) < 4.78 is 38.3. The Balaban J connectivity index is 1.70. The largest absolute Gasteiger partial charge is 0.506 e. The minimum atomic E-state index is -4.43. The predicted octanol–water partition coefficient (Wildman–Crippen LogP) is 5.86. The van der Waals surface area contributed by atoms with Crippen LogP contribution in [-0.4, -0.2) is 27.0 Å². The van der Waals surface area contributed by atoms with Crippen molar-refractivity contribution in [1.82, 2.24) is 5.43 Å². The zero-order chi connectivity index (χ0) is 24.3. The number of nitrogens with one attached hydrogen (secondary N) is 2. The molecule has 1 heterocycles. The van der Waals surface area contributed by atoms with Gasteiger partial charge in [-0.3, -0.25) is 5.43 Å². The number of hydrazone groups is 1. The van der Waals surface area contributed by atoms with Gasteiger partial charge in [-0.2, -0.15) is 18.3 Å². The van der Waals surface area contributed by atoms with Crippen molar-refractivity contribution in [3.63, 3.8) is 0 Å². The number of carboxylic acids is 1. The van der Waals surface area contributed by atoms with Crippen molar-refractivity contribution < 1.29 is 28.2 Å². The molecule has 33 heavy (non-hydrogen) atoms. The number of hydrogen-bond donors (Lipinski definition) is 4. The number of carboxylic acid groups (broad SMARTS) is 1. The molecule has 0 saturated heterocycles. The van der Waals surface area contributed by atoms with Crippen LogP contribution in [0.5, 0.6) is 5.75 Å². The molecule has 172 valence electrons. The molecule has 3 rings (SSSR count). The van der Waals surface area contributed by atoms with Crippen LogP contribution in [0.4, 0.5) is 18.9 Å². The van der Waals surface area contributed by atoms with Crippen LogP contribution >= 0.6 is 23.6 Å². The van der Waals surface area contributed by atoms with Crippen molar-refractivity contribution in [3.05, 3.63) is 70.1 Å². The van der Waals surface area contributed by atoms with Gasteiger partial charge in [-0.15, -0.1) is 11.3 Å². The van der Waals surface area contributed by atoms with Crippen molar-refractivity contribution in [2.24, 2.45) is 5.10 Å². The summed E-state index contributed by atoms with van der Waals surface area (Å²) >= 11 is 6.37. The highest BCUT2D eigenvalue weighted by atomic mass is 32.1. The van der Waals surface area contributed by atoms with E-state index in [1.807, 2.05) is 0 Å². The normalized spacial score (nSPS) is 11.8. The molecule has 0 saturated carbocycles. The molecule has 1 aromatic heterocycles. The Kier molecular flexibility index (Phi) is 7.04. The topological polar surface area (TPSA) is 94.0 Å². The Morgan fingerprint density at radius 3 is 2.36 bits per heavy atom. The molecule has 0 aliphatic heterocycles. The molecule has 0 aliphatic carbocycles. The molecule has 0 atom stereocenters. The third-order valence-corrected chi connectivity index (χ3v) is 5.88. The number of aromatic carboxylic acids is 1. The van der Waals surface area contributed by atoms with Crippen LogP contribution in [-0.2, 0) is 6.18 Å². The van der Waals surface area contributed by atoms with Gasteiger partial charge in [0.1, 0.15) is 5.75 Å². The predicted molar refractivity (Wildman–Crippen MR) is 126 cm³/mol. The summed E-state index contributed by atoms with van der Waals surface area (Å²) in [4.78, 5) is 11.5. The van der Waals surface area contributed by atoms with Gasteiger partial charge in [0.25, 0.3) is 0 Å². The Morgan fingerprint density at radius 1 is 1.12 bits per heavy atom. The van der Waals surface area contributed by atoms with Crippen LogP contribution in [0, 0.1) is 6.92 Å². The van der Waals surface area contributed by atoms with Crippen molar-refractivity contribution in [1.29, 1.82) is 0 Å². The minimum absolute atomic E-state index is 0.0958. The fraction of sp³-hybridized carbons (Fsp3) is 0.136. The number of nitrogens with zero attached hydrogens (tertiary/aromatic N) is 1. The summed E-state index contributed by atoms with van der Waals surface area (Å²) in [7, 11) is 0. The van der Waals surface area contributed by atoms with Gasteiger partial charge in [0.2, 0.25) is 0 Å². The second kappa shape index (κ2) is 9.59. The zero-order valence-corrected chi connectivity index (χ0v) is 19.0. The molecule has 0 aliphatic rings. The number of thiocarbonyl (C=S) groups is 1. The smallest absolute Gasteiger partial charge is 0.416 e. The lowest BCUT2D eigenvalue weighted by Gasteiger charge is -2.10. The highest BCUT2D eigenvalue weighted by molar-refractivity contribution is 7.80. The van der Waals surface area contributed by atoms with Gasteiger partial charge in [0, 0.05) is 11.1 Å². The van der Waals surface area contributed by atoms with Gasteiger partial charge in [-0.25, -0.2) is 4.79 Å². The number of alkyl halides is 3. The summed E-state index contributed by atoms with van der Waals surface area (Å²) in [5, 5.41) is 28.5. The number of anilines is 1. The van der Waals surface area contributed by atoms with Gasteiger partial charge in [0.05, 0.1) is 27.3 Å². The van der Waals surface area contributed by atoms with E-state index in [-0.39, 0.29) is 16.4 Å². The molecule has 2 aromatic carbocycles. The quantitative estimate of drug-likeness (QED) is 0.202. The van der Waals surface area contributed by atoms with Crippen LogP contribution < -0.4 is 10.7 Å². The van der Waals surface area contributed by atoms with E-state index in [0.29, 0.717) is 33.0 Å². The van der Waals surface area contributed by atoms with Gasteiger partial charge in [-0.1, -0.05) is 12.1 Å². The molecule has 0 bridgehead atoms. The molecule has 6 nitrogen and oxygen atoms in total. The van der Waals surface area contributed by atoms with E-state index < -0.39 is 17.7 Å². The second-order valence-corrected chi connectivity index (χ2v) is 8.29. The van der Waals surface area contributed by atoms with Crippen molar-refractivity contribution >= 4 is 46.0 Å². The summed E-state index contributed by atoms with van der Waals surface area (Å²) in [6.45, 7) is 3.31. The lowest BCUT2D eigenvalue weighted by atomic mass is 10.1. The standard InChI is InChI=1S/C22H18F3N3O3S2/c1-11-9-15(7-8-16(11)20(30)31)26-21(32)28-27-12(2)17-10-33-19(18(17)29)13-3-5-14(6-4-13)22(23,24)25/h3-10,29H,1-2H3,(H,30,31)(H2,26,28,32)/b27-12+. The number of aryl methyl sites for hydroxylation is 1. The molecule has 4 N–H and O–H groups in total. The minimum Gasteiger partial charge on any atom is -0.506 e. The Bertz CT molecular complexity index is 1240. The van der Waals surface area contributed by atoms with Crippen molar-refractivity contribution in [2.75, 3.05) is 5.32 Å². The second-order valence-electron chi connectivity index (χ2n) is 7.00. The first-order valence-electron chi connectivity index (χ1n) is 9.41. The third-order valence-electron chi connectivity index (χ3n) is 4.67. The van der Waals surface area contributed by atoms with Gasteiger partial charge >= 0.3 is 12.1 Å². The van der Waals surface area contributed by atoms with Gasteiger partial charge in [-0.05, 0) is 67.5 Å². The van der Waals surface area contributed by atoms with E-state index in [9.17, 15) is 23.1 Å². The fourth-order valence-corrected chi connectivity index (χ4v) is 4.13. The van der Waals surface area contributed by atoms with Crippen LogP contribution in [0.15, 0.2) is 52.9 Å². The maximum atomic E-state index is 12.8. The van der Waals surface area contributed by atoms with Gasteiger partial charge in [0.15, 0.2) is 5.11 Å². The van der Waals surface area contributed by atoms with E-state index in [1.54, 1.807) is 31.4 Å². The highest BCUT2D eigenvalue weighted by Crippen LogP contribution is 2.40. The van der Waals surface area contributed by atoms with Crippen LogP contribution in [0.1, 0.15) is 34.0 Å². The number of halogens is 3. The van der Waals surface area contributed by atoms with Crippen LogP contribution in [0.25, 0.3) is 10.4 Å². The number of hydrogen-bond acceptors (Lipinski definition) is 5. The SMILES string of the molecule is C/C(=N\NC(=S)Nc1ccc(C(=O)O)c(C)c1)c1csc(-c2ccc(C(F)(F)F)cc2)c1O. The first-order chi connectivity index (χ1) is 15.5. The first kappa shape index (κ1) is 24.2. The molecule has 0 radical (unpaired) electrons. The number of thiophene rings is 1. The van der Waals surface area contributed by atoms with Crippen LogP contribution in [0.3, 0.4) is 0 Å². The zero-order valence-electron chi connectivity index (χ0n) is 17.3. The summed E-state index contributed by atoms with van der Waals surface area (Å²) in [5.41, 5.74) is 4.47. The average Bonchev–Trinajstić information content (AvgIpc) is 3.12. The average molecular weight is 494 g/mol. The maximum absolute atomic E-state index is 12.8. The lowest BCUT2D eigenvalue weighted by molar-refractivity contribution is -0.137. The summed E-state index contributed by atoms with van der Waals surface area (Å²) in [5.74, 6) is -1.12. The molecule has 11 heteroatoms. The monoisotopic (exact) mass is 493 g/mol. The Morgan fingerprint density at radius 2 is 1.79 bits per heavy atom. The van der Waals surface area contributed by atoms with E-state index in [4.69, 9.17) is 17.3 Å². The van der Waals surface area contributed by atoms with E-state index in [2.05, 4.69) is 15.8 Å². The van der Waals surface area contributed by atoms with Crippen LogP contribution in [0.2, 0.25) is 0 Å². The van der Waals surface area contributed by atoms with E-state index in [0.717, 1.165) is 12.1 Å². The number of benzene rings is 2. The molecule has 0 spiro atoms.